The highest BCUT2D eigenvalue weighted by Crippen LogP contribution is 2.26. The molecule has 4 rings (SSSR count). The van der Waals surface area contributed by atoms with Crippen molar-refractivity contribution in [3.8, 4) is 5.75 Å². The predicted molar refractivity (Wildman–Crippen MR) is 109 cm³/mol. The van der Waals surface area contributed by atoms with Crippen LogP contribution in [0.1, 0.15) is 35.2 Å². The maximum Gasteiger partial charge on any atom is 0.255 e. The molecule has 2 amide bonds. The minimum absolute atomic E-state index is 0.000884. The Morgan fingerprint density at radius 1 is 0.929 bits per heavy atom. The number of likely N-dealkylation sites (tertiary alicyclic amines) is 1. The van der Waals surface area contributed by atoms with Crippen molar-refractivity contribution in [2.24, 2.45) is 0 Å². The van der Waals surface area contributed by atoms with E-state index in [0.717, 1.165) is 36.5 Å². The van der Waals surface area contributed by atoms with E-state index in [1.165, 1.54) is 19.3 Å². The molecule has 1 fully saturated rings. The highest BCUT2D eigenvalue weighted by atomic mass is 16.5. The molecule has 0 unspecified atom stereocenters. The predicted octanol–water partition coefficient (Wildman–Crippen LogP) is 3.30. The lowest BCUT2D eigenvalue weighted by Gasteiger charge is -2.25. The van der Waals surface area contributed by atoms with Gasteiger partial charge < -0.3 is 15.4 Å². The zero-order valence-corrected chi connectivity index (χ0v) is 15.9. The zero-order valence-electron chi connectivity index (χ0n) is 15.9. The Morgan fingerprint density at radius 3 is 2.39 bits per heavy atom. The van der Waals surface area contributed by atoms with Crippen molar-refractivity contribution >= 4 is 23.2 Å². The van der Waals surface area contributed by atoms with Crippen LogP contribution in [0.3, 0.4) is 0 Å². The van der Waals surface area contributed by atoms with Gasteiger partial charge in [-0.15, -0.1) is 0 Å². The van der Waals surface area contributed by atoms with E-state index in [4.69, 9.17) is 4.74 Å². The van der Waals surface area contributed by atoms with Gasteiger partial charge in [-0.3, -0.25) is 14.5 Å². The van der Waals surface area contributed by atoms with Crippen molar-refractivity contribution in [1.82, 2.24) is 4.90 Å². The fourth-order valence-electron chi connectivity index (χ4n) is 3.69. The number of carbonyl (C=O) groups excluding carboxylic acids is 2. The molecule has 0 spiro atoms. The summed E-state index contributed by atoms with van der Waals surface area (Å²) in [6.45, 7) is 3.09. The number of rotatable bonds is 5. The van der Waals surface area contributed by atoms with E-state index in [1.54, 1.807) is 30.3 Å². The highest BCUT2D eigenvalue weighted by Gasteiger charge is 2.16. The number of ether oxygens (including phenoxy) is 1. The van der Waals surface area contributed by atoms with Crippen molar-refractivity contribution in [3.63, 3.8) is 0 Å². The van der Waals surface area contributed by atoms with Gasteiger partial charge in [-0.1, -0.05) is 6.42 Å². The van der Waals surface area contributed by atoms with Crippen LogP contribution in [0.15, 0.2) is 42.5 Å². The summed E-state index contributed by atoms with van der Waals surface area (Å²) in [5, 5.41) is 5.82. The molecular formula is C22H25N3O3. The average Bonchev–Trinajstić information content (AvgIpc) is 3.18. The van der Waals surface area contributed by atoms with Gasteiger partial charge in [0.2, 0.25) is 5.91 Å². The largest absolute Gasteiger partial charge is 0.493 e. The summed E-state index contributed by atoms with van der Waals surface area (Å²) in [5.41, 5.74) is 3.10. The molecule has 2 aromatic carbocycles. The van der Waals surface area contributed by atoms with Gasteiger partial charge in [0.15, 0.2) is 0 Å². The number of nitrogens with one attached hydrogen (secondary N) is 2. The van der Waals surface area contributed by atoms with Gasteiger partial charge in [-0.2, -0.15) is 0 Å². The number of amides is 2. The Kier molecular flexibility index (Phi) is 5.58. The van der Waals surface area contributed by atoms with Gasteiger partial charge in [0, 0.05) is 23.4 Å². The fraction of sp³-hybridized carbons (Fsp3) is 0.364. The Morgan fingerprint density at radius 2 is 1.64 bits per heavy atom. The van der Waals surface area contributed by atoms with Crippen LogP contribution in [0.4, 0.5) is 11.4 Å². The second-order valence-electron chi connectivity index (χ2n) is 7.34. The molecule has 0 atom stereocenters. The topological polar surface area (TPSA) is 70.7 Å². The van der Waals surface area contributed by atoms with E-state index in [0.29, 0.717) is 24.4 Å². The Hall–Kier alpha value is -2.86. The van der Waals surface area contributed by atoms with Crippen LogP contribution >= 0.6 is 0 Å². The molecule has 0 bridgehead atoms. The van der Waals surface area contributed by atoms with E-state index in [2.05, 4.69) is 15.5 Å². The lowest BCUT2D eigenvalue weighted by atomic mass is 10.1. The second-order valence-corrected chi connectivity index (χ2v) is 7.34. The molecule has 0 radical (unpaired) electrons. The Bertz CT molecular complexity index is 858. The minimum atomic E-state index is -0.156. The first-order chi connectivity index (χ1) is 13.7. The number of anilines is 2. The van der Waals surface area contributed by atoms with Crippen LogP contribution in [0.2, 0.25) is 0 Å². The van der Waals surface area contributed by atoms with Crippen molar-refractivity contribution in [2.45, 2.75) is 25.7 Å². The number of benzene rings is 2. The maximum absolute atomic E-state index is 12.5. The van der Waals surface area contributed by atoms with Gasteiger partial charge in [-0.05, 0) is 74.0 Å². The van der Waals surface area contributed by atoms with Crippen molar-refractivity contribution in [3.05, 3.63) is 53.6 Å². The summed E-state index contributed by atoms with van der Waals surface area (Å²) >= 11 is 0. The first kappa shape index (κ1) is 18.5. The molecule has 146 valence electrons. The third-order valence-corrected chi connectivity index (χ3v) is 5.19. The fourth-order valence-corrected chi connectivity index (χ4v) is 3.69. The molecule has 2 aliphatic heterocycles. The lowest BCUT2D eigenvalue weighted by molar-refractivity contribution is -0.117. The first-order valence-corrected chi connectivity index (χ1v) is 9.87. The smallest absolute Gasteiger partial charge is 0.255 e. The molecular weight excluding hydrogens is 354 g/mol. The summed E-state index contributed by atoms with van der Waals surface area (Å²) in [6.07, 6.45) is 4.42. The first-order valence-electron chi connectivity index (χ1n) is 9.87. The van der Waals surface area contributed by atoms with E-state index in [1.807, 2.05) is 12.1 Å². The molecule has 0 aromatic heterocycles. The molecule has 1 saturated heterocycles. The molecule has 0 aliphatic carbocycles. The SMILES string of the molecule is O=C(CN1CCCCC1)Nc1ccc(NC(=O)c2ccc3c(c2)CCO3)cc1. The molecule has 0 saturated carbocycles. The maximum atomic E-state index is 12.5. The number of fused-ring (bicyclic) bond motifs is 1. The van der Waals surface area contributed by atoms with E-state index < -0.39 is 0 Å². The summed E-state index contributed by atoms with van der Waals surface area (Å²) < 4.78 is 5.47. The third kappa shape index (κ3) is 4.51. The van der Waals surface area contributed by atoms with Crippen LogP contribution in [0, 0.1) is 0 Å². The van der Waals surface area contributed by atoms with E-state index >= 15 is 0 Å². The summed E-state index contributed by atoms with van der Waals surface area (Å²) in [7, 11) is 0. The van der Waals surface area contributed by atoms with E-state index in [-0.39, 0.29) is 11.8 Å². The number of hydrogen-bond donors (Lipinski definition) is 2. The van der Waals surface area contributed by atoms with Gasteiger partial charge >= 0.3 is 0 Å². The van der Waals surface area contributed by atoms with Gasteiger partial charge in [0.1, 0.15) is 5.75 Å². The molecule has 6 heteroatoms. The Labute approximate surface area is 164 Å². The van der Waals surface area contributed by atoms with Crippen LogP contribution in [-0.4, -0.2) is 43.0 Å². The number of hydrogen-bond acceptors (Lipinski definition) is 4. The summed E-state index contributed by atoms with van der Waals surface area (Å²) in [4.78, 5) is 26.8. The Balaban J connectivity index is 1.31. The summed E-state index contributed by atoms with van der Waals surface area (Å²) in [5.74, 6) is 0.705. The van der Waals surface area contributed by atoms with Crippen LogP contribution in [0.5, 0.6) is 5.75 Å². The minimum Gasteiger partial charge on any atom is -0.493 e. The van der Waals surface area contributed by atoms with Crippen LogP contribution < -0.4 is 15.4 Å². The molecule has 6 nitrogen and oxygen atoms in total. The van der Waals surface area contributed by atoms with Crippen molar-refractivity contribution in [1.29, 1.82) is 0 Å². The average molecular weight is 379 g/mol. The molecule has 28 heavy (non-hydrogen) atoms. The second kappa shape index (κ2) is 8.44. The third-order valence-electron chi connectivity index (χ3n) is 5.19. The molecule has 2 N–H and O–H groups in total. The van der Waals surface area contributed by atoms with Crippen LogP contribution in [-0.2, 0) is 11.2 Å². The monoisotopic (exact) mass is 379 g/mol. The summed E-state index contributed by atoms with van der Waals surface area (Å²) in [6, 6.07) is 12.7. The van der Waals surface area contributed by atoms with Crippen molar-refractivity contribution in [2.75, 3.05) is 36.9 Å². The van der Waals surface area contributed by atoms with Crippen LogP contribution in [0.25, 0.3) is 0 Å². The van der Waals surface area contributed by atoms with Gasteiger partial charge in [0.25, 0.3) is 5.91 Å². The number of piperidine rings is 1. The number of carbonyl (C=O) groups is 2. The standard InChI is InChI=1S/C22H25N3O3/c26-21(15-25-11-2-1-3-12-25)23-18-5-7-19(8-6-18)24-22(27)17-4-9-20-16(14-17)10-13-28-20/h4-9,14H,1-3,10-13,15H2,(H,23,26)(H,24,27). The molecule has 2 heterocycles. The molecule has 2 aromatic rings. The lowest BCUT2D eigenvalue weighted by Crippen LogP contribution is -2.36. The zero-order chi connectivity index (χ0) is 19.3. The normalized spacial score (nSPS) is 16.1. The highest BCUT2D eigenvalue weighted by molar-refractivity contribution is 6.04. The van der Waals surface area contributed by atoms with Gasteiger partial charge in [0.05, 0.1) is 13.2 Å². The molecule has 2 aliphatic rings. The van der Waals surface area contributed by atoms with Gasteiger partial charge in [-0.25, -0.2) is 0 Å². The van der Waals surface area contributed by atoms with Crippen molar-refractivity contribution < 1.29 is 14.3 Å². The number of nitrogens with zero attached hydrogens (tertiary/aromatic N) is 1. The van der Waals surface area contributed by atoms with E-state index in [9.17, 15) is 9.59 Å². The quantitative estimate of drug-likeness (QED) is 0.836.